The first kappa shape index (κ1) is 20.7. The number of hydrogen-bond acceptors (Lipinski definition) is 4. The first-order valence-corrected chi connectivity index (χ1v) is 11.3. The minimum absolute atomic E-state index is 0.0171. The third-order valence-corrected chi connectivity index (χ3v) is 6.37. The molecule has 1 aliphatic rings. The maximum Gasteiger partial charge on any atom is 0.224 e. The summed E-state index contributed by atoms with van der Waals surface area (Å²) < 4.78 is 5.70. The zero-order valence-electron chi connectivity index (χ0n) is 18.1. The Hall–Kier alpha value is -3.15. The Kier molecular flexibility index (Phi) is 5.93. The molecule has 0 saturated carbocycles. The molecule has 32 heavy (non-hydrogen) atoms. The second-order valence-corrected chi connectivity index (χ2v) is 8.70. The summed E-state index contributed by atoms with van der Waals surface area (Å²) in [4.78, 5) is 15.0. The number of furan rings is 1. The molecule has 3 aromatic carbocycles. The van der Waals surface area contributed by atoms with Gasteiger partial charge < -0.3 is 14.8 Å². The predicted molar refractivity (Wildman–Crippen MR) is 126 cm³/mol. The summed E-state index contributed by atoms with van der Waals surface area (Å²) >= 11 is 0. The Labute approximate surface area is 187 Å². The minimum atomic E-state index is -0.143. The van der Waals surface area contributed by atoms with E-state index in [-0.39, 0.29) is 12.0 Å². The van der Waals surface area contributed by atoms with Gasteiger partial charge in [-0.25, -0.2) is 0 Å². The van der Waals surface area contributed by atoms with Crippen molar-refractivity contribution in [2.75, 3.05) is 13.1 Å². The third kappa shape index (κ3) is 4.54. The van der Waals surface area contributed by atoms with Crippen LogP contribution < -0.4 is 5.32 Å². The smallest absolute Gasteiger partial charge is 0.224 e. The molecule has 0 spiro atoms. The molecule has 0 atom stereocenters. The van der Waals surface area contributed by atoms with Crippen LogP contribution in [0.2, 0.25) is 0 Å². The highest BCUT2D eigenvalue weighted by molar-refractivity contribution is 6.08. The number of nitrogens with zero attached hydrogens (tertiary/aromatic N) is 1. The number of nitrogens with one attached hydrogen (secondary N) is 1. The number of amides is 1. The first-order chi connectivity index (χ1) is 15.7. The van der Waals surface area contributed by atoms with Crippen molar-refractivity contribution in [1.29, 1.82) is 0 Å². The summed E-state index contributed by atoms with van der Waals surface area (Å²) in [5.74, 6) is -0.0171. The fraction of sp³-hybridized carbons (Fsp3) is 0.296. The topological polar surface area (TPSA) is 65.7 Å². The van der Waals surface area contributed by atoms with Crippen LogP contribution in [0.1, 0.15) is 29.5 Å². The van der Waals surface area contributed by atoms with Crippen LogP contribution in [0, 0.1) is 0 Å². The van der Waals surface area contributed by atoms with Crippen molar-refractivity contribution in [2.24, 2.45) is 0 Å². The van der Waals surface area contributed by atoms with Gasteiger partial charge in [-0.2, -0.15) is 0 Å². The van der Waals surface area contributed by atoms with Gasteiger partial charge in [0, 0.05) is 37.1 Å². The standard InChI is InChI=1S/C27H28N2O3/c30-23-11-13-29(14-12-23)17-20-7-5-19(6-8-20)16-28-26(31)15-22-18-32-25-10-9-21-3-1-2-4-24(21)27(22)25/h1-10,18,23,30H,11-17H2,(H,28,31). The molecular weight excluding hydrogens is 400 g/mol. The van der Waals surface area contributed by atoms with E-state index in [0.717, 1.165) is 65.3 Å². The average molecular weight is 429 g/mol. The van der Waals surface area contributed by atoms with Gasteiger partial charge in [0.15, 0.2) is 0 Å². The van der Waals surface area contributed by atoms with Crippen molar-refractivity contribution in [2.45, 2.75) is 38.5 Å². The molecule has 1 aromatic heterocycles. The molecular formula is C27H28N2O3. The summed E-state index contributed by atoms with van der Waals surface area (Å²) in [5.41, 5.74) is 4.06. The number of carbonyl (C=O) groups is 1. The molecule has 0 aliphatic carbocycles. The van der Waals surface area contributed by atoms with E-state index < -0.39 is 0 Å². The van der Waals surface area contributed by atoms with Crippen LogP contribution >= 0.6 is 0 Å². The Morgan fingerprint density at radius 2 is 1.75 bits per heavy atom. The SMILES string of the molecule is O=C(Cc1coc2ccc3ccccc3c12)NCc1ccc(CN2CCC(O)CC2)cc1. The van der Waals surface area contributed by atoms with Gasteiger partial charge in [-0.15, -0.1) is 0 Å². The Bertz CT molecular complexity index is 1220. The summed E-state index contributed by atoms with van der Waals surface area (Å²) in [6.07, 6.45) is 3.55. The minimum Gasteiger partial charge on any atom is -0.464 e. The molecule has 1 amide bonds. The lowest BCUT2D eigenvalue weighted by Crippen LogP contribution is -2.35. The van der Waals surface area contributed by atoms with Crippen molar-refractivity contribution in [3.05, 3.63) is 83.6 Å². The van der Waals surface area contributed by atoms with E-state index in [4.69, 9.17) is 4.42 Å². The molecule has 2 N–H and O–H groups in total. The molecule has 0 radical (unpaired) electrons. The van der Waals surface area contributed by atoms with E-state index in [9.17, 15) is 9.90 Å². The molecule has 1 saturated heterocycles. The van der Waals surface area contributed by atoms with Crippen LogP contribution in [0.15, 0.2) is 71.3 Å². The number of rotatable bonds is 6. The van der Waals surface area contributed by atoms with Crippen LogP contribution in [0.3, 0.4) is 0 Å². The molecule has 164 valence electrons. The molecule has 1 aliphatic heterocycles. The quantitative estimate of drug-likeness (QED) is 0.478. The average Bonchev–Trinajstić information content (AvgIpc) is 3.23. The number of hydrogen-bond donors (Lipinski definition) is 2. The molecule has 0 unspecified atom stereocenters. The largest absolute Gasteiger partial charge is 0.464 e. The van der Waals surface area contributed by atoms with E-state index in [2.05, 4.69) is 46.6 Å². The van der Waals surface area contributed by atoms with Gasteiger partial charge in [0.2, 0.25) is 5.91 Å². The zero-order chi connectivity index (χ0) is 21.9. The second-order valence-electron chi connectivity index (χ2n) is 8.70. The first-order valence-electron chi connectivity index (χ1n) is 11.3. The molecule has 1 fully saturated rings. The number of aliphatic hydroxyl groups is 1. The zero-order valence-corrected chi connectivity index (χ0v) is 18.1. The van der Waals surface area contributed by atoms with Crippen LogP contribution in [-0.2, 0) is 24.3 Å². The fourth-order valence-electron chi connectivity index (χ4n) is 4.54. The highest BCUT2D eigenvalue weighted by atomic mass is 16.3. The van der Waals surface area contributed by atoms with Crippen LogP contribution in [0.5, 0.6) is 0 Å². The monoisotopic (exact) mass is 428 g/mol. The van der Waals surface area contributed by atoms with Crippen molar-refractivity contribution in [3.8, 4) is 0 Å². The summed E-state index contributed by atoms with van der Waals surface area (Å²) in [5, 5.41) is 16.0. The van der Waals surface area contributed by atoms with Crippen LogP contribution in [-0.4, -0.2) is 35.1 Å². The number of piperidine rings is 1. The van der Waals surface area contributed by atoms with Gasteiger partial charge in [0.1, 0.15) is 5.58 Å². The van der Waals surface area contributed by atoms with Gasteiger partial charge in [0.25, 0.3) is 0 Å². The molecule has 5 heteroatoms. The highest BCUT2D eigenvalue weighted by Gasteiger charge is 2.17. The normalized spacial score (nSPS) is 15.4. The van der Waals surface area contributed by atoms with Crippen molar-refractivity contribution >= 4 is 27.6 Å². The van der Waals surface area contributed by atoms with Crippen LogP contribution in [0.25, 0.3) is 21.7 Å². The van der Waals surface area contributed by atoms with Crippen molar-refractivity contribution in [1.82, 2.24) is 10.2 Å². The fourth-order valence-corrected chi connectivity index (χ4v) is 4.54. The molecule has 5 rings (SSSR count). The molecule has 0 bridgehead atoms. The summed E-state index contributed by atoms with van der Waals surface area (Å²) in [6.45, 7) is 3.29. The maximum atomic E-state index is 12.6. The van der Waals surface area contributed by atoms with Gasteiger partial charge in [-0.3, -0.25) is 9.69 Å². The van der Waals surface area contributed by atoms with Crippen molar-refractivity contribution < 1.29 is 14.3 Å². The van der Waals surface area contributed by atoms with Crippen LogP contribution in [0.4, 0.5) is 0 Å². The Morgan fingerprint density at radius 3 is 2.56 bits per heavy atom. The predicted octanol–water partition coefficient (Wildman–Crippen LogP) is 4.40. The van der Waals surface area contributed by atoms with Gasteiger partial charge in [0.05, 0.1) is 18.8 Å². The lowest BCUT2D eigenvalue weighted by Gasteiger charge is -2.29. The highest BCUT2D eigenvalue weighted by Crippen LogP contribution is 2.30. The Balaban J connectivity index is 1.19. The van der Waals surface area contributed by atoms with E-state index in [1.807, 2.05) is 24.3 Å². The van der Waals surface area contributed by atoms with Gasteiger partial charge in [-0.1, -0.05) is 54.6 Å². The van der Waals surface area contributed by atoms with Crippen molar-refractivity contribution in [3.63, 3.8) is 0 Å². The number of benzene rings is 3. The third-order valence-electron chi connectivity index (χ3n) is 6.37. The molecule has 2 heterocycles. The number of likely N-dealkylation sites (tertiary alicyclic amines) is 1. The lowest BCUT2D eigenvalue weighted by molar-refractivity contribution is -0.120. The lowest BCUT2D eigenvalue weighted by atomic mass is 10.0. The molecule has 5 nitrogen and oxygen atoms in total. The Morgan fingerprint density at radius 1 is 1.00 bits per heavy atom. The number of fused-ring (bicyclic) bond motifs is 3. The molecule has 4 aromatic rings. The van der Waals surface area contributed by atoms with E-state index >= 15 is 0 Å². The summed E-state index contributed by atoms with van der Waals surface area (Å²) in [7, 11) is 0. The van der Waals surface area contributed by atoms with E-state index in [1.165, 1.54) is 5.56 Å². The number of aliphatic hydroxyl groups excluding tert-OH is 1. The van der Waals surface area contributed by atoms with Gasteiger partial charge in [-0.05, 0) is 40.8 Å². The van der Waals surface area contributed by atoms with Gasteiger partial charge >= 0.3 is 0 Å². The number of carbonyl (C=O) groups excluding carboxylic acids is 1. The maximum absolute atomic E-state index is 12.6. The van der Waals surface area contributed by atoms with E-state index in [1.54, 1.807) is 6.26 Å². The summed E-state index contributed by atoms with van der Waals surface area (Å²) in [6, 6.07) is 20.6. The second kappa shape index (κ2) is 9.15. The van der Waals surface area contributed by atoms with E-state index in [0.29, 0.717) is 13.0 Å².